The first-order valence-corrected chi connectivity index (χ1v) is 6.55. The molecule has 1 aliphatic carbocycles. The van der Waals surface area contributed by atoms with Gasteiger partial charge in [-0.05, 0) is 25.7 Å². The zero-order valence-corrected chi connectivity index (χ0v) is 11.1. The summed E-state index contributed by atoms with van der Waals surface area (Å²) in [5, 5.41) is 15.4. The van der Waals surface area contributed by atoms with E-state index in [0.717, 1.165) is 18.5 Å². The Morgan fingerprint density at radius 1 is 1.47 bits per heavy atom. The molecule has 1 aliphatic rings. The molecule has 0 spiro atoms. The van der Waals surface area contributed by atoms with Crippen LogP contribution in [0.1, 0.15) is 61.7 Å². The molecule has 2 N–H and O–H groups in total. The maximum atomic E-state index is 11.9. The molecule has 0 aliphatic heterocycles. The molecule has 6 nitrogen and oxygen atoms in total. The van der Waals surface area contributed by atoms with Gasteiger partial charge in [0.1, 0.15) is 5.54 Å². The third-order valence-electron chi connectivity index (χ3n) is 3.67. The Balaban J connectivity index is 2.06. The number of nitrogens with zero attached hydrogens (tertiary/aromatic N) is 1. The van der Waals surface area contributed by atoms with Crippen molar-refractivity contribution in [2.75, 3.05) is 0 Å². The lowest BCUT2D eigenvalue weighted by atomic mass is 9.99. The average molecular weight is 266 g/mol. The molecule has 0 unspecified atom stereocenters. The lowest BCUT2D eigenvalue weighted by molar-refractivity contribution is -0.140. The molecular weight excluding hydrogens is 248 g/mol. The number of carbonyl (C=O) groups is 2. The molecule has 0 saturated heterocycles. The fraction of sp³-hybridized carbons (Fsp3) is 0.615. The van der Waals surface area contributed by atoms with E-state index >= 15 is 0 Å². The smallest absolute Gasteiger partial charge is 0.329 e. The molecule has 0 radical (unpaired) electrons. The second-order valence-corrected chi connectivity index (χ2v) is 4.97. The third kappa shape index (κ3) is 2.62. The van der Waals surface area contributed by atoms with Crippen LogP contribution in [0.5, 0.6) is 0 Å². The predicted molar refractivity (Wildman–Crippen MR) is 66.9 cm³/mol. The Bertz CT molecular complexity index is 487. The van der Waals surface area contributed by atoms with Gasteiger partial charge in [0.05, 0.1) is 5.69 Å². The van der Waals surface area contributed by atoms with Crippen LogP contribution in [0.3, 0.4) is 0 Å². The zero-order valence-electron chi connectivity index (χ0n) is 11.1. The maximum absolute atomic E-state index is 11.9. The van der Waals surface area contributed by atoms with Crippen LogP contribution in [-0.4, -0.2) is 27.7 Å². The number of hydrogen-bond donors (Lipinski definition) is 2. The van der Waals surface area contributed by atoms with Gasteiger partial charge in [0.2, 0.25) is 5.76 Å². The number of nitrogens with one attached hydrogen (secondary N) is 1. The lowest BCUT2D eigenvalue weighted by Gasteiger charge is -2.10. The largest absolute Gasteiger partial charge is 0.480 e. The van der Waals surface area contributed by atoms with Crippen molar-refractivity contribution in [2.24, 2.45) is 0 Å². The van der Waals surface area contributed by atoms with Crippen molar-refractivity contribution in [1.82, 2.24) is 10.5 Å². The summed E-state index contributed by atoms with van der Waals surface area (Å²) in [6.45, 7) is 4.10. The van der Waals surface area contributed by atoms with E-state index in [4.69, 9.17) is 9.63 Å². The molecule has 6 heteroatoms. The van der Waals surface area contributed by atoms with Crippen molar-refractivity contribution >= 4 is 11.9 Å². The molecule has 0 bridgehead atoms. The Labute approximate surface area is 111 Å². The van der Waals surface area contributed by atoms with E-state index in [1.165, 1.54) is 0 Å². The van der Waals surface area contributed by atoms with Gasteiger partial charge in [-0.25, -0.2) is 4.79 Å². The van der Waals surface area contributed by atoms with Crippen LogP contribution in [0.15, 0.2) is 10.6 Å². The molecule has 19 heavy (non-hydrogen) atoms. The molecule has 2 rings (SSSR count). The van der Waals surface area contributed by atoms with E-state index in [1.54, 1.807) is 6.07 Å². The van der Waals surface area contributed by atoms with Crippen LogP contribution in [-0.2, 0) is 4.79 Å². The van der Waals surface area contributed by atoms with Crippen LogP contribution in [0.25, 0.3) is 0 Å². The summed E-state index contributed by atoms with van der Waals surface area (Å²) in [7, 11) is 0. The number of amides is 1. The molecule has 1 amide bonds. The first-order chi connectivity index (χ1) is 9.02. The van der Waals surface area contributed by atoms with E-state index in [-0.39, 0.29) is 11.7 Å². The molecule has 1 saturated carbocycles. The Kier molecular flexibility index (Phi) is 3.59. The van der Waals surface area contributed by atoms with E-state index in [0.29, 0.717) is 12.8 Å². The van der Waals surface area contributed by atoms with Crippen molar-refractivity contribution in [1.29, 1.82) is 0 Å². The minimum absolute atomic E-state index is 0.0782. The minimum Gasteiger partial charge on any atom is -0.480 e. The van der Waals surface area contributed by atoms with Crippen molar-refractivity contribution in [3.63, 3.8) is 0 Å². The lowest BCUT2D eigenvalue weighted by Crippen LogP contribution is -2.42. The molecule has 1 aromatic rings. The van der Waals surface area contributed by atoms with E-state index in [9.17, 15) is 9.59 Å². The summed E-state index contributed by atoms with van der Waals surface area (Å²) in [6, 6.07) is 1.60. The monoisotopic (exact) mass is 266 g/mol. The van der Waals surface area contributed by atoms with Crippen LogP contribution < -0.4 is 5.32 Å². The topological polar surface area (TPSA) is 92.4 Å². The maximum Gasteiger partial charge on any atom is 0.329 e. The average Bonchev–Trinajstić information content (AvgIpc) is 3.00. The highest BCUT2D eigenvalue weighted by Crippen LogP contribution is 2.35. The highest BCUT2D eigenvalue weighted by Gasteiger charge is 2.52. The number of carboxylic acid groups (broad SMARTS) is 1. The fourth-order valence-corrected chi connectivity index (χ4v) is 2.09. The summed E-state index contributed by atoms with van der Waals surface area (Å²) in [5.74, 6) is -1.17. The summed E-state index contributed by atoms with van der Waals surface area (Å²) in [4.78, 5) is 22.9. The van der Waals surface area contributed by atoms with Gasteiger partial charge in [0.15, 0.2) is 0 Å². The third-order valence-corrected chi connectivity index (χ3v) is 3.67. The fourth-order valence-electron chi connectivity index (χ4n) is 2.09. The van der Waals surface area contributed by atoms with Crippen molar-refractivity contribution in [2.45, 2.75) is 51.0 Å². The summed E-state index contributed by atoms with van der Waals surface area (Å²) >= 11 is 0. The van der Waals surface area contributed by atoms with Crippen molar-refractivity contribution < 1.29 is 19.2 Å². The molecule has 0 aromatic carbocycles. The van der Waals surface area contributed by atoms with E-state index in [2.05, 4.69) is 10.5 Å². The van der Waals surface area contributed by atoms with E-state index in [1.807, 2.05) is 13.8 Å². The molecule has 1 fully saturated rings. The number of carboxylic acids is 1. The first kappa shape index (κ1) is 13.6. The van der Waals surface area contributed by atoms with Gasteiger partial charge in [-0.2, -0.15) is 0 Å². The van der Waals surface area contributed by atoms with Gasteiger partial charge >= 0.3 is 5.97 Å². The van der Waals surface area contributed by atoms with Gasteiger partial charge in [-0.15, -0.1) is 0 Å². The molecule has 1 aromatic heterocycles. The van der Waals surface area contributed by atoms with Gasteiger partial charge in [0, 0.05) is 12.0 Å². The van der Waals surface area contributed by atoms with Crippen LogP contribution >= 0.6 is 0 Å². The molecule has 0 atom stereocenters. The van der Waals surface area contributed by atoms with Gasteiger partial charge in [-0.1, -0.05) is 19.0 Å². The standard InChI is InChI=1S/C13H18N2O4/c1-3-8(4-2)9-7-10(19-15-9)11(16)14-13(5-6-13)12(17)18/h7-8H,3-6H2,1-2H3,(H,14,16)(H,17,18). The Morgan fingerprint density at radius 3 is 2.58 bits per heavy atom. The van der Waals surface area contributed by atoms with Gasteiger partial charge < -0.3 is 14.9 Å². The number of hydrogen-bond acceptors (Lipinski definition) is 4. The van der Waals surface area contributed by atoms with Crippen LogP contribution in [0.4, 0.5) is 0 Å². The molecular formula is C13H18N2O4. The highest BCUT2D eigenvalue weighted by molar-refractivity contribution is 5.97. The van der Waals surface area contributed by atoms with Crippen molar-refractivity contribution in [3.8, 4) is 0 Å². The quantitative estimate of drug-likeness (QED) is 0.820. The number of aromatic nitrogens is 1. The number of carbonyl (C=O) groups excluding carboxylic acids is 1. The summed E-state index contributed by atoms with van der Waals surface area (Å²) in [6.07, 6.45) is 2.76. The van der Waals surface area contributed by atoms with E-state index < -0.39 is 17.4 Å². The molecule has 1 heterocycles. The summed E-state index contributed by atoms with van der Waals surface area (Å²) < 4.78 is 5.01. The van der Waals surface area contributed by atoms with Gasteiger partial charge in [0.25, 0.3) is 5.91 Å². The number of rotatable bonds is 6. The van der Waals surface area contributed by atoms with Crippen LogP contribution in [0, 0.1) is 0 Å². The number of aliphatic carboxylic acids is 1. The van der Waals surface area contributed by atoms with Crippen LogP contribution in [0.2, 0.25) is 0 Å². The Morgan fingerprint density at radius 2 is 2.11 bits per heavy atom. The minimum atomic E-state index is -1.10. The predicted octanol–water partition coefficient (Wildman–Crippen LogP) is 1.93. The second-order valence-electron chi connectivity index (χ2n) is 4.97. The van der Waals surface area contributed by atoms with Gasteiger partial charge in [-0.3, -0.25) is 4.79 Å². The zero-order chi connectivity index (χ0) is 14.0. The SMILES string of the molecule is CCC(CC)c1cc(C(=O)NC2(C(=O)O)CC2)on1. The normalized spacial score (nSPS) is 16.4. The second kappa shape index (κ2) is 5.03. The first-order valence-electron chi connectivity index (χ1n) is 6.55. The Hall–Kier alpha value is -1.85. The van der Waals surface area contributed by atoms with Crippen molar-refractivity contribution in [3.05, 3.63) is 17.5 Å². The highest BCUT2D eigenvalue weighted by atomic mass is 16.5. The molecule has 104 valence electrons. The summed E-state index contributed by atoms with van der Waals surface area (Å²) in [5.41, 5.74) is -0.353.